The molecule has 0 aromatic heterocycles. The summed E-state index contributed by atoms with van der Waals surface area (Å²) in [5.74, 6) is 0. The molecule has 1 heterocycles. The first-order valence-electron chi connectivity index (χ1n) is 3.37. The smallest absolute Gasteiger partial charge is 0.348 e. The van der Waals surface area contributed by atoms with E-state index in [0.29, 0.717) is 0 Å². The standard InChI is InChI=1S/C6H8F3N2O/c1-2-12-5(6(7,8)9)3-4-10-11-5/h3-4,11H,2H2,1H3. The minimum atomic E-state index is -4.49. The molecule has 0 aromatic rings. The monoisotopic (exact) mass is 181 g/mol. The van der Waals surface area contributed by atoms with Crippen LogP contribution in [0.15, 0.2) is 12.3 Å². The maximum Gasteiger partial charge on any atom is 0.436 e. The van der Waals surface area contributed by atoms with Crippen LogP contribution in [-0.2, 0) is 4.74 Å². The zero-order chi connectivity index (χ0) is 9.24. The van der Waals surface area contributed by atoms with Crippen LogP contribution < -0.4 is 10.9 Å². The lowest BCUT2D eigenvalue weighted by molar-refractivity contribution is -0.267. The van der Waals surface area contributed by atoms with Crippen LogP contribution >= 0.6 is 0 Å². The van der Waals surface area contributed by atoms with Gasteiger partial charge in [-0.25, -0.2) is 5.43 Å². The van der Waals surface area contributed by atoms with Crippen molar-refractivity contribution in [3.05, 3.63) is 12.3 Å². The highest BCUT2D eigenvalue weighted by Crippen LogP contribution is 2.33. The van der Waals surface area contributed by atoms with Crippen LogP contribution in [0.5, 0.6) is 0 Å². The second-order valence-corrected chi connectivity index (χ2v) is 2.22. The van der Waals surface area contributed by atoms with E-state index in [1.54, 1.807) is 0 Å². The molecule has 3 nitrogen and oxygen atoms in total. The van der Waals surface area contributed by atoms with Crippen molar-refractivity contribution in [1.29, 1.82) is 0 Å². The normalized spacial score (nSPS) is 29.0. The number of nitrogens with one attached hydrogen (secondary N) is 1. The van der Waals surface area contributed by atoms with Gasteiger partial charge in [0, 0.05) is 12.8 Å². The summed E-state index contributed by atoms with van der Waals surface area (Å²) in [6.07, 6.45) is -2.61. The molecule has 6 heteroatoms. The van der Waals surface area contributed by atoms with Crippen LogP contribution in [0.4, 0.5) is 13.2 Å². The molecule has 12 heavy (non-hydrogen) atoms. The van der Waals surface area contributed by atoms with Crippen molar-refractivity contribution in [3.63, 3.8) is 0 Å². The predicted octanol–water partition coefficient (Wildman–Crippen LogP) is 0.918. The van der Waals surface area contributed by atoms with E-state index < -0.39 is 11.9 Å². The first-order valence-corrected chi connectivity index (χ1v) is 3.37. The third kappa shape index (κ3) is 1.39. The SMILES string of the molecule is CCOC1(C(F)(F)F)C=C[N]N1. The van der Waals surface area contributed by atoms with E-state index in [2.05, 4.69) is 10.2 Å². The van der Waals surface area contributed by atoms with Crippen molar-refractivity contribution in [2.45, 2.75) is 18.8 Å². The summed E-state index contributed by atoms with van der Waals surface area (Å²) in [5.41, 5.74) is 2.71. The molecular formula is C6H8F3N2O. The lowest BCUT2D eigenvalue weighted by atomic mass is 10.2. The first-order chi connectivity index (χ1) is 5.52. The maximum atomic E-state index is 12.3. The molecule has 0 saturated heterocycles. The Hall–Kier alpha value is -0.750. The second kappa shape index (κ2) is 2.95. The highest BCUT2D eigenvalue weighted by atomic mass is 19.4. The summed E-state index contributed by atoms with van der Waals surface area (Å²) in [6.45, 7) is 1.45. The van der Waals surface area contributed by atoms with Gasteiger partial charge in [0.25, 0.3) is 5.72 Å². The maximum absolute atomic E-state index is 12.3. The van der Waals surface area contributed by atoms with Crippen molar-refractivity contribution in [3.8, 4) is 0 Å². The quantitative estimate of drug-likeness (QED) is 0.687. The van der Waals surface area contributed by atoms with E-state index in [4.69, 9.17) is 0 Å². The van der Waals surface area contributed by atoms with Gasteiger partial charge < -0.3 is 4.74 Å². The molecule has 0 aromatic carbocycles. The van der Waals surface area contributed by atoms with Crippen LogP contribution in [0, 0.1) is 0 Å². The lowest BCUT2D eigenvalue weighted by Crippen LogP contribution is -2.56. The number of nitrogens with zero attached hydrogens (tertiary/aromatic N) is 1. The third-order valence-electron chi connectivity index (χ3n) is 1.41. The van der Waals surface area contributed by atoms with Crippen molar-refractivity contribution in [1.82, 2.24) is 10.9 Å². The van der Waals surface area contributed by atoms with Crippen LogP contribution in [0.1, 0.15) is 6.92 Å². The minimum Gasteiger partial charge on any atom is -0.348 e. The average Bonchev–Trinajstić information content (AvgIpc) is 2.36. The fourth-order valence-electron chi connectivity index (χ4n) is 0.860. The Kier molecular flexibility index (Phi) is 2.29. The molecule has 0 fully saturated rings. The Morgan fingerprint density at radius 2 is 2.25 bits per heavy atom. The molecule has 1 aliphatic rings. The molecule has 0 saturated carbocycles. The Bertz CT molecular complexity index is 192. The van der Waals surface area contributed by atoms with E-state index in [9.17, 15) is 13.2 Å². The number of alkyl halides is 3. The average molecular weight is 181 g/mol. The van der Waals surface area contributed by atoms with Crippen molar-refractivity contribution in [2.75, 3.05) is 6.61 Å². The molecule has 1 unspecified atom stereocenters. The number of hydrogen-bond donors (Lipinski definition) is 1. The van der Waals surface area contributed by atoms with Gasteiger partial charge in [0.05, 0.1) is 0 Å². The molecular weight excluding hydrogens is 173 g/mol. The fourth-order valence-corrected chi connectivity index (χ4v) is 0.860. The van der Waals surface area contributed by atoms with Gasteiger partial charge in [0.15, 0.2) is 0 Å². The lowest BCUT2D eigenvalue weighted by Gasteiger charge is -2.28. The Morgan fingerprint density at radius 3 is 2.58 bits per heavy atom. The van der Waals surface area contributed by atoms with Gasteiger partial charge in [0.1, 0.15) is 0 Å². The number of rotatable bonds is 2. The summed E-state index contributed by atoms with van der Waals surface area (Å²) >= 11 is 0. The van der Waals surface area contributed by atoms with Gasteiger partial charge in [-0.15, -0.1) is 0 Å². The van der Waals surface area contributed by atoms with Crippen LogP contribution in [-0.4, -0.2) is 18.5 Å². The highest BCUT2D eigenvalue weighted by Gasteiger charge is 2.56. The Morgan fingerprint density at radius 1 is 1.58 bits per heavy atom. The van der Waals surface area contributed by atoms with E-state index in [-0.39, 0.29) is 6.61 Å². The van der Waals surface area contributed by atoms with Gasteiger partial charge in [-0.05, 0) is 13.0 Å². The summed E-state index contributed by atoms with van der Waals surface area (Å²) in [5, 5.41) is 0. The Balaban J connectivity index is 2.80. The number of ether oxygens (including phenoxy) is 1. The molecule has 0 bridgehead atoms. The highest BCUT2D eigenvalue weighted by molar-refractivity contribution is 5.08. The third-order valence-corrected chi connectivity index (χ3v) is 1.41. The molecule has 69 valence electrons. The van der Waals surface area contributed by atoms with Gasteiger partial charge in [-0.3, -0.25) is 0 Å². The van der Waals surface area contributed by atoms with Crippen molar-refractivity contribution in [2.24, 2.45) is 0 Å². The predicted molar refractivity (Wildman–Crippen MR) is 34.8 cm³/mol. The van der Waals surface area contributed by atoms with E-state index in [1.807, 2.05) is 5.43 Å². The van der Waals surface area contributed by atoms with Crippen LogP contribution in [0.25, 0.3) is 0 Å². The minimum absolute atomic E-state index is 0.0353. The number of halogens is 3. The van der Waals surface area contributed by atoms with Gasteiger partial charge >= 0.3 is 6.18 Å². The summed E-state index contributed by atoms with van der Waals surface area (Å²) in [6, 6.07) is 0. The molecule has 1 rings (SSSR count). The molecule has 1 radical (unpaired) electrons. The first kappa shape index (κ1) is 9.34. The van der Waals surface area contributed by atoms with E-state index in [1.165, 1.54) is 6.92 Å². The zero-order valence-electron chi connectivity index (χ0n) is 6.35. The molecule has 1 aliphatic heterocycles. The molecule has 0 spiro atoms. The van der Waals surface area contributed by atoms with Crippen LogP contribution in [0.3, 0.4) is 0 Å². The second-order valence-electron chi connectivity index (χ2n) is 2.22. The van der Waals surface area contributed by atoms with Crippen molar-refractivity contribution >= 4 is 0 Å². The zero-order valence-corrected chi connectivity index (χ0v) is 6.35. The number of hydrogen-bond acceptors (Lipinski definition) is 2. The van der Waals surface area contributed by atoms with Gasteiger partial charge in [0.2, 0.25) is 0 Å². The van der Waals surface area contributed by atoms with Crippen molar-refractivity contribution < 1.29 is 17.9 Å². The Labute approximate surface area is 67.5 Å². The van der Waals surface area contributed by atoms with Crippen LogP contribution in [0.2, 0.25) is 0 Å². The molecule has 1 N–H and O–H groups in total. The van der Waals surface area contributed by atoms with Gasteiger partial charge in [-0.1, -0.05) is 0 Å². The van der Waals surface area contributed by atoms with E-state index >= 15 is 0 Å². The molecule has 0 amide bonds. The summed E-state index contributed by atoms with van der Waals surface area (Å²) in [7, 11) is 0. The largest absolute Gasteiger partial charge is 0.436 e. The molecule has 1 atom stereocenters. The van der Waals surface area contributed by atoms with E-state index in [0.717, 1.165) is 12.3 Å². The topological polar surface area (TPSA) is 35.4 Å². The summed E-state index contributed by atoms with van der Waals surface area (Å²) in [4.78, 5) is 0. The fraction of sp³-hybridized carbons (Fsp3) is 0.667. The molecule has 0 aliphatic carbocycles. The van der Waals surface area contributed by atoms with Gasteiger partial charge in [-0.2, -0.15) is 18.6 Å². The summed E-state index contributed by atoms with van der Waals surface area (Å²) < 4.78 is 41.5.